The van der Waals surface area contributed by atoms with E-state index in [1.807, 2.05) is 30.3 Å². The van der Waals surface area contributed by atoms with Gasteiger partial charge < -0.3 is 10.0 Å². The van der Waals surface area contributed by atoms with Gasteiger partial charge in [-0.2, -0.15) is 0 Å². The van der Waals surface area contributed by atoms with Gasteiger partial charge in [-0.1, -0.05) is 43.3 Å². The second-order valence-corrected chi connectivity index (χ2v) is 7.23. The standard InChI is InChI=1S/C18H22N2O4S/c1-2-19-25(23,24)17-10-6-9-16(13-17)18(22)20(11-12-21)14-15-7-4-3-5-8-15/h3-10,13,19,21H,2,11-12,14H2,1H3. The van der Waals surface area contributed by atoms with E-state index in [2.05, 4.69) is 4.72 Å². The summed E-state index contributed by atoms with van der Waals surface area (Å²) in [5.41, 5.74) is 1.20. The van der Waals surface area contributed by atoms with Crippen molar-refractivity contribution in [2.45, 2.75) is 18.4 Å². The van der Waals surface area contributed by atoms with Crippen LogP contribution in [0.25, 0.3) is 0 Å². The van der Waals surface area contributed by atoms with E-state index >= 15 is 0 Å². The molecule has 0 spiro atoms. The summed E-state index contributed by atoms with van der Waals surface area (Å²) in [5.74, 6) is -0.327. The Bertz CT molecular complexity index is 807. The minimum atomic E-state index is -3.63. The lowest BCUT2D eigenvalue weighted by Crippen LogP contribution is -2.33. The first-order valence-electron chi connectivity index (χ1n) is 8.01. The SMILES string of the molecule is CCNS(=O)(=O)c1cccc(C(=O)N(CCO)Cc2ccccc2)c1. The number of carbonyl (C=O) groups is 1. The van der Waals surface area contributed by atoms with E-state index in [1.165, 1.54) is 23.1 Å². The first-order chi connectivity index (χ1) is 12.0. The van der Waals surface area contributed by atoms with E-state index in [0.29, 0.717) is 6.54 Å². The zero-order chi connectivity index (χ0) is 18.3. The van der Waals surface area contributed by atoms with Crippen LogP contribution in [-0.2, 0) is 16.6 Å². The zero-order valence-electron chi connectivity index (χ0n) is 14.1. The van der Waals surface area contributed by atoms with Crippen LogP contribution in [-0.4, -0.2) is 44.0 Å². The smallest absolute Gasteiger partial charge is 0.254 e. The summed E-state index contributed by atoms with van der Waals surface area (Å²) >= 11 is 0. The summed E-state index contributed by atoms with van der Waals surface area (Å²) in [6.45, 7) is 2.29. The second kappa shape index (κ2) is 8.75. The van der Waals surface area contributed by atoms with Crippen molar-refractivity contribution in [3.8, 4) is 0 Å². The van der Waals surface area contributed by atoms with E-state index in [4.69, 9.17) is 0 Å². The average Bonchev–Trinajstić information content (AvgIpc) is 2.62. The molecule has 134 valence electrons. The molecule has 1 amide bonds. The number of amides is 1. The van der Waals surface area contributed by atoms with E-state index in [-0.39, 0.29) is 36.1 Å². The van der Waals surface area contributed by atoms with Gasteiger partial charge in [0.2, 0.25) is 10.0 Å². The number of carbonyl (C=O) groups excluding carboxylic acids is 1. The monoisotopic (exact) mass is 362 g/mol. The number of hydrogen-bond donors (Lipinski definition) is 2. The maximum atomic E-state index is 12.8. The van der Waals surface area contributed by atoms with Crippen molar-refractivity contribution < 1.29 is 18.3 Å². The molecule has 0 unspecified atom stereocenters. The van der Waals surface area contributed by atoms with Gasteiger partial charge in [0.15, 0.2) is 0 Å². The molecule has 0 fully saturated rings. The molecule has 2 aromatic carbocycles. The fourth-order valence-corrected chi connectivity index (χ4v) is 3.52. The maximum absolute atomic E-state index is 12.8. The van der Waals surface area contributed by atoms with E-state index < -0.39 is 10.0 Å². The number of nitrogens with zero attached hydrogens (tertiary/aromatic N) is 1. The molecule has 0 aliphatic heterocycles. The summed E-state index contributed by atoms with van der Waals surface area (Å²) in [5, 5.41) is 9.26. The van der Waals surface area contributed by atoms with Gasteiger partial charge in [-0.15, -0.1) is 0 Å². The molecular formula is C18H22N2O4S. The van der Waals surface area contributed by atoms with Crippen LogP contribution in [0, 0.1) is 0 Å². The Morgan fingerprint density at radius 2 is 1.84 bits per heavy atom. The summed E-state index contributed by atoms with van der Waals surface area (Å²) in [6.07, 6.45) is 0. The summed E-state index contributed by atoms with van der Waals surface area (Å²) < 4.78 is 26.6. The largest absolute Gasteiger partial charge is 0.395 e. The lowest BCUT2D eigenvalue weighted by molar-refractivity contribution is 0.0707. The molecule has 0 aliphatic rings. The Morgan fingerprint density at radius 1 is 1.12 bits per heavy atom. The van der Waals surface area contributed by atoms with Crippen LogP contribution in [0.2, 0.25) is 0 Å². The molecular weight excluding hydrogens is 340 g/mol. The minimum Gasteiger partial charge on any atom is -0.395 e. The van der Waals surface area contributed by atoms with Crippen molar-refractivity contribution in [3.05, 3.63) is 65.7 Å². The molecule has 6 nitrogen and oxygen atoms in total. The predicted octanol–water partition coefficient (Wildman–Crippen LogP) is 1.62. The van der Waals surface area contributed by atoms with Crippen LogP contribution in [0.1, 0.15) is 22.8 Å². The molecule has 2 aromatic rings. The van der Waals surface area contributed by atoms with E-state index in [9.17, 15) is 18.3 Å². The highest BCUT2D eigenvalue weighted by Crippen LogP contribution is 2.15. The average molecular weight is 362 g/mol. The predicted molar refractivity (Wildman–Crippen MR) is 95.6 cm³/mol. The molecule has 0 bridgehead atoms. The lowest BCUT2D eigenvalue weighted by atomic mass is 10.1. The maximum Gasteiger partial charge on any atom is 0.254 e. The Morgan fingerprint density at radius 3 is 2.48 bits per heavy atom. The third kappa shape index (κ3) is 5.12. The number of benzene rings is 2. The highest BCUT2D eigenvalue weighted by molar-refractivity contribution is 7.89. The molecule has 0 atom stereocenters. The lowest BCUT2D eigenvalue weighted by Gasteiger charge is -2.22. The van der Waals surface area contributed by atoms with Crippen LogP contribution < -0.4 is 4.72 Å². The fourth-order valence-electron chi connectivity index (χ4n) is 2.43. The van der Waals surface area contributed by atoms with Gasteiger partial charge in [0.25, 0.3) is 5.91 Å². The molecule has 0 aliphatic carbocycles. The molecule has 2 N–H and O–H groups in total. The Labute approximate surface area is 148 Å². The molecule has 2 rings (SSSR count). The highest BCUT2D eigenvalue weighted by Gasteiger charge is 2.19. The Balaban J connectivity index is 2.27. The molecule has 0 heterocycles. The molecule has 0 radical (unpaired) electrons. The van der Waals surface area contributed by atoms with E-state index in [0.717, 1.165) is 5.56 Å². The number of hydrogen-bond acceptors (Lipinski definition) is 4. The summed E-state index contributed by atoms with van der Waals surface area (Å²) in [7, 11) is -3.63. The number of rotatable bonds is 8. The molecule has 25 heavy (non-hydrogen) atoms. The Hall–Kier alpha value is -2.22. The van der Waals surface area contributed by atoms with Gasteiger partial charge in [-0.3, -0.25) is 4.79 Å². The second-order valence-electron chi connectivity index (χ2n) is 5.47. The first kappa shape index (κ1) is 19.1. The van der Waals surface area contributed by atoms with Crippen molar-refractivity contribution in [1.29, 1.82) is 0 Å². The van der Waals surface area contributed by atoms with Crippen LogP contribution >= 0.6 is 0 Å². The van der Waals surface area contributed by atoms with Crippen LogP contribution in [0.15, 0.2) is 59.5 Å². The zero-order valence-corrected chi connectivity index (χ0v) is 14.9. The normalized spacial score (nSPS) is 11.3. The van der Waals surface area contributed by atoms with Gasteiger partial charge in [-0.25, -0.2) is 13.1 Å². The van der Waals surface area contributed by atoms with Gasteiger partial charge in [0, 0.05) is 25.2 Å². The minimum absolute atomic E-state index is 0.0452. The highest BCUT2D eigenvalue weighted by atomic mass is 32.2. The third-order valence-electron chi connectivity index (χ3n) is 3.60. The van der Waals surface area contributed by atoms with Gasteiger partial charge >= 0.3 is 0 Å². The molecule has 0 saturated heterocycles. The van der Waals surface area contributed by atoms with E-state index in [1.54, 1.807) is 13.0 Å². The summed E-state index contributed by atoms with van der Waals surface area (Å²) in [6, 6.07) is 15.3. The molecule has 0 aromatic heterocycles. The van der Waals surface area contributed by atoms with Crippen LogP contribution in [0.4, 0.5) is 0 Å². The van der Waals surface area contributed by atoms with Gasteiger partial charge in [0.1, 0.15) is 0 Å². The number of sulfonamides is 1. The fraction of sp³-hybridized carbons (Fsp3) is 0.278. The Kier molecular flexibility index (Phi) is 6.69. The van der Waals surface area contributed by atoms with Crippen molar-refractivity contribution >= 4 is 15.9 Å². The van der Waals surface area contributed by atoms with Crippen LogP contribution in [0.5, 0.6) is 0 Å². The van der Waals surface area contributed by atoms with Crippen LogP contribution in [0.3, 0.4) is 0 Å². The van der Waals surface area contributed by atoms with Crippen molar-refractivity contribution in [2.75, 3.05) is 19.7 Å². The van der Waals surface area contributed by atoms with Crippen molar-refractivity contribution in [2.24, 2.45) is 0 Å². The number of nitrogens with one attached hydrogen (secondary N) is 1. The van der Waals surface area contributed by atoms with Gasteiger partial charge in [0.05, 0.1) is 11.5 Å². The van der Waals surface area contributed by atoms with Gasteiger partial charge in [-0.05, 0) is 23.8 Å². The summed E-state index contributed by atoms with van der Waals surface area (Å²) in [4.78, 5) is 14.3. The molecule has 0 saturated carbocycles. The number of aliphatic hydroxyl groups is 1. The van der Waals surface area contributed by atoms with Crippen molar-refractivity contribution in [1.82, 2.24) is 9.62 Å². The topological polar surface area (TPSA) is 86.7 Å². The third-order valence-corrected chi connectivity index (χ3v) is 5.14. The van der Waals surface area contributed by atoms with Crippen molar-refractivity contribution in [3.63, 3.8) is 0 Å². The quantitative estimate of drug-likeness (QED) is 0.747. The number of aliphatic hydroxyl groups excluding tert-OH is 1. The molecule has 7 heteroatoms. The first-order valence-corrected chi connectivity index (χ1v) is 9.50.